The third kappa shape index (κ3) is 33.3. The molecule has 40 nitrogen and oxygen atoms in total. The van der Waals surface area contributed by atoms with E-state index in [0.717, 1.165) is 78.1 Å². The maximum absolute atomic E-state index is 13.5. The summed E-state index contributed by atoms with van der Waals surface area (Å²) in [5, 5.41) is 175. The molecule has 1 unspecified atom stereocenters. The van der Waals surface area contributed by atoms with Crippen molar-refractivity contribution in [3.05, 3.63) is 12.2 Å². The van der Waals surface area contributed by atoms with Crippen LogP contribution in [0, 0.1) is 0 Å². The van der Waals surface area contributed by atoms with Gasteiger partial charge in [-0.15, -0.1) is 0 Å². The minimum Gasteiger partial charge on any atom is -0.477 e. The molecule has 0 bridgehead atoms. The van der Waals surface area contributed by atoms with Crippen LogP contribution in [0.4, 0.5) is 0 Å². The van der Waals surface area contributed by atoms with E-state index in [1.165, 1.54) is 102 Å². The van der Waals surface area contributed by atoms with Crippen molar-refractivity contribution in [3.8, 4) is 0 Å². The minimum atomic E-state index is -5.84. The van der Waals surface area contributed by atoms with E-state index < -0.39 is 262 Å². The summed E-state index contributed by atoms with van der Waals surface area (Å²) < 4.78 is 137. The lowest BCUT2D eigenvalue weighted by Crippen LogP contribution is -2.71. The first-order chi connectivity index (χ1) is 54.6. The van der Waals surface area contributed by atoms with Gasteiger partial charge in [-0.3, -0.25) is 23.5 Å². The Hall–Kier alpha value is -3.60. The van der Waals surface area contributed by atoms with Crippen molar-refractivity contribution in [2.45, 2.75) is 385 Å². The SMILES string of the molecule is CCCCCCCCCCCCC/C=C\[C@H](O)[C@@H](CO[C@H]1O[C@H](CO)[C@H](O[C@@H]2OC(CO)[C@H](O[C@H]3O[C@@H](COS(=O)(=O)O)[C@@H](O)[C@H](O[C@H]4O[C@@H](CO)[C@@H](O)[C@H](O[C@]5(C(=O)O)C[C@H](O)[C@@H](NC(C)=O)[C@@H]([C@@H](O)[C@@H](O)CO)O5)[C@H]4O)[C@H]3NC(C)=O)[C@@H](OS(=O)(=O)O)[C@@H]2O)[C@@H](O)[C@@H]1O)NC(=O)CCCCCCCCCCCCCCCCC. The molecule has 5 rings (SSSR count). The average molecular weight is 1710 g/mol. The molecular formula is C73H131N3O37S2. The Kier molecular flexibility index (Phi) is 46.1. The zero-order valence-electron chi connectivity index (χ0n) is 66.1. The lowest BCUT2D eigenvalue weighted by Gasteiger charge is -2.51. The van der Waals surface area contributed by atoms with Crippen LogP contribution in [0.15, 0.2) is 12.2 Å². The molecule has 0 aliphatic carbocycles. The fraction of sp³-hybridized carbons (Fsp3) is 0.918. The molecule has 0 spiro atoms. The van der Waals surface area contributed by atoms with Crippen molar-refractivity contribution >= 4 is 44.5 Å². The number of amides is 3. The van der Waals surface area contributed by atoms with Crippen LogP contribution in [-0.2, 0) is 95.7 Å². The quantitative estimate of drug-likeness (QED) is 0.0189. The number of aliphatic carboxylic acids is 1. The number of rotatable bonds is 56. The van der Waals surface area contributed by atoms with Crippen LogP contribution in [0.25, 0.3) is 0 Å². The molecular weight excluding hydrogens is 1570 g/mol. The standard InChI is InChI=1S/C73H131N3O37S2/c1-5-7-9-11-13-15-17-19-20-22-24-26-28-30-32-34-52(86)76-44(45(83)33-31-29-27-25-23-21-18-16-14-12-10-8-6-2)40-102-69-59(91)58(90)62(49(38-79)105-69)108-71-61(93)67(113-115(99,100)101)63(50(39-80)106-71)109-68-54(75-43(4)82)64(57(89)51(107-68)41-103-114(96,97)98)110-70-60(92)66(56(88)48(37-78)104-70)112-73(72(94)95)35-46(84)53(74-42(3)81)65(111-73)55(87)47(85)36-77/h31,33,44-51,53-71,77-80,83-85,87-93H,5-30,32,34-41H2,1-4H3,(H,74,81)(H,75,82)(H,76,86)(H,94,95)(H,96,97,98)(H,99,100,101)/b33-31-/t44-,45+,46+,47+,48+,49-,50?,51+,53-,54-,55+,56-,57-,58+,59+,60-,61+,62+,63+,64-,65+,66+,67+,68-,69+,70-,71+,73+/m1/s1. The number of ether oxygens (including phenoxy) is 10. The molecule has 20 N–H and O–H groups in total. The van der Waals surface area contributed by atoms with Crippen LogP contribution in [0.1, 0.15) is 214 Å². The van der Waals surface area contributed by atoms with Gasteiger partial charge in [0.2, 0.25) is 17.7 Å². The number of nitrogens with one attached hydrogen (secondary N) is 3. The van der Waals surface area contributed by atoms with E-state index in [1.54, 1.807) is 6.08 Å². The van der Waals surface area contributed by atoms with E-state index >= 15 is 0 Å². The predicted octanol–water partition coefficient (Wildman–Crippen LogP) is -1.39. The highest BCUT2D eigenvalue weighted by Gasteiger charge is 2.62. The minimum absolute atomic E-state index is 0.115. The van der Waals surface area contributed by atoms with Crippen molar-refractivity contribution < 1.29 is 177 Å². The van der Waals surface area contributed by atoms with Crippen LogP contribution < -0.4 is 16.0 Å². The summed E-state index contributed by atoms with van der Waals surface area (Å²) >= 11 is 0. The van der Waals surface area contributed by atoms with Crippen LogP contribution >= 0.6 is 0 Å². The van der Waals surface area contributed by atoms with E-state index in [1.807, 2.05) is 0 Å². The molecule has 0 aromatic rings. The van der Waals surface area contributed by atoms with Gasteiger partial charge in [-0.25, -0.2) is 13.2 Å². The Bertz CT molecular complexity index is 3050. The number of allylic oxidation sites excluding steroid dienone is 1. The van der Waals surface area contributed by atoms with Gasteiger partial charge in [-0.1, -0.05) is 180 Å². The number of hydrogen-bond donors (Lipinski definition) is 20. The number of carbonyl (C=O) groups excluding carboxylic acids is 3. The number of unbranched alkanes of at least 4 members (excludes halogenated alkanes) is 25. The topological polar surface area (TPSA) is 627 Å². The summed E-state index contributed by atoms with van der Waals surface area (Å²) in [4.78, 5) is 52.2. The molecule has 3 amide bonds. The number of hydrogen-bond acceptors (Lipinski definition) is 34. The Morgan fingerprint density at radius 2 is 0.965 bits per heavy atom. The van der Waals surface area contributed by atoms with E-state index in [4.69, 9.17) is 51.6 Å². The fourth-order valence-corrected chi connectivity index (χ4v) is 15.5. The lowest BCUT2D eigenvalue weighted by atomic mass is 9.88. The molecule has 672 valence electrons. The molecule has 0 radical (unpaired) electrons. The third-order valence-electron chi connectivity index (χ3n) is 21.0. The number of carbonyl (C=O) groups is 4. The second-order valence-electron chi connectivity index (χ2n) is 30.3. The van der Waals surface area contributed by atoms with Crippen molar-refractivity contribution in [2.24, 2.45) is 0 Å². The van der Waals surface area contributed by atoms with E-state index in [0.29, 0.717) is 12.8 Å². The monoisotopic (exact) mass is 1710 g/mol. The lowest BCUT2D eigenvalue weighted by molar-refractivity contribution is -0.388. The Balaban J connectivity index is 1.35. The van der Waals surface area contributed by atoms with Crippen molar-refractivity contribution in [1.29, 1.82) is 0 Å². The van der Waals surface area contributed by atoms with Gasteiger partial charge in [-0.2, -0.15) is 16.8 Å². The molecule has 0 saturated carbocycles. The first kappa shape index (κ1) is 102. The zero-order chi connectivity index (χ0) is 85.2. The maximum Gasteiger partial charge on any atom is 0.397 e. The third-order valence-corrected chi connectivity index (χ3v) is 21.9. The molecule has 28 atom stereocenters. The van der Waals surface area contributed by atoms with Crippen LogP contribution in [0.2, 0.25) is 0 Å². The van der Waals surface area contributed by atoms with E-state index in [2.05, 4.69) is 34.0 Å². The van der Waals surface area contributed by atoms with Gasteiger partial charge in [0.05, 0.1) is 63.9 Å². The molecule has 5 heterocycles. The normalized spacial score (nSPS) is 33.3. The van der Waals surface area contributed by atoms with Gasteiger partial charge < -0.3 is 140 Å². The summed E-state index contributed by atoms with van der Waals surface area (Å²) in [5.41, 5.74) is 0. The summed E-state index contributed by atoms with van der Waals surface area (Å²) in [5.74, 6) is -7.91. The highest BCUT2D eigenvalue weighted by molar-refractivity contribution is 7.81. The summed E-state index contributed by atoms with van der Waals surface area (Å²) in [6.07, 6.45) is -21.8. The van der Waals surface area contributed by atoms with Gasteiger partial charge >= 0.3 is 26.8 Å². The summed E-state index contributed by atoms with van der Waals surface area (Å²) in [6, 6.07) is -5.12. The fourth-order valence-electron chi connectivity index (χ4n) is 14.7. The number of carboxylic acid groups (broad SMARTS) is 1. The van der Waals surface area contributed by atoms with Gasteiger partial charge in [-0.05, 0) is 19.3 Å². The molecule has 0 aromatic heterocycles. The molecule has 5 saturated heterocycles. The molecule has 0 aromatic carbocycles. The Morgan fingerprint density at radius 3 is 1.46 bits per heavy atom. The van der Waals surface area contributed by atoms with Crippen molar-refractivity contribution in [1.82, 2.24) is 16.0 Å². The van der Waals surface area contributed by atoms with Gasteiger partial charge in [0.25, 0.3) is 5.79 Å². The largest absolute Gasteiger partial charge is 0.477 e. The average Bonchev–Trinajstić information content (AvgIpc) is 0.754. The summed E-state index contributed by atoms with van der Waals surface area (Å²) in [6.45, 7) is -0.726. The first-order valence-corrected chi connectivity index (χ1v) is 43.1. The van der Waals surface area contributed by atoms with Gasteiger partial charge in [0.15, 0.2) is 25.2 Å². The number of aliphatic hydroxyl groups excluding tert-OH is 14. The van der Waals surface area contributed by atoms with Crippen molar-refractivity contribution in [2.75, 3.05) is 39.6 Å². The van der Waals surface area contributed by atoms with Crippen molar-refractivity contribution in [3.63, 3.8) is 0 Å². The predicted molar refractivity (Wildman–Crippen MR) is 399 cm³/mol. The molecule has 5 aliphatic rings. The molecule has 42 heteroatoms. The maximum atomic E-state index is 13.5. The molecule has 5 aliphatic heterocycles. The van der Waals surface area contributed by atoms with E-state index in [9.17, 15) is 122 Å². The Labute approximate surface area is 672 Å². The zero-order valence-corrected chi connectivity index (χ0v) is 67.7. The van der Waals surface area contributed by atoms with Crippen LogP contribution in [0.5, 0.6) is 0 Å². The highest BCUT2D eigenvalue weighted by Crippen LogP contribution is 2.41. The first-order valence-electron chi connectivity index (χ1n) is 40.4. The van der Waals surface area contributed by atoms with Gasteiger partial charge in [0, 0.05) is 26.7 Å². The number of aliphatic hydroxyl groups is 14. The Morgan fingerprint density at radius 1 is 0.513 bits per heavy atom. The summed E-state index contributed by atoms with van der Waals surface area (Å²) in [7, 11) is -11.3. The van der Waals surface area contributed by atoms with Crippen LogP contribution in [0.3, 0.4) is 0 Å². The van der Waals surface area contributed by atoms with Gasteiger partial charge in [0.1, 0.15) is 116 Å². The highest BCUT2D eigenvalue weighted by atomic mass is 32.3. The van der Waals surface area contributed by atoms with E-state index in [-0.39, 0.29) is 6.42 Å². The second-order valence-corrected chi connectivity index (χ2v) is 32.4. The smallest absolute Gasteiger partial charge is 0.397 e. The molecule has 5 fully saturated rings. The molecule has 115 heavy (non-hydrogen) atoms. The van der Waals surface area contributed by atoms with Crippen LogP contribution in [-0.4, -0.2) is 337 Å². The number of carboxylic acids is 1. The second kappa shape index (κ2) is 52.0.